The molecule has 0 spiro atoms. The van der Waals surface area contributed by atoms with Crippen LogP contribution < -0.4 is 10.1 Å². The van der Waals surface area contributed by atoms with Crippen molar-refractivity contribution < 1.29 is 9.47 Å². The van der Waals surface area contributed by atoms with Gasteiger partial charge in [0.1, 0.15) is 12.4 Å². The summed E-state index contributed by atoms with van der Waals surface area (Å²) in [6, 6.07) is 0.652. The molecule has 0 aromatic carbocycles. The summed E-state index contributed by atoms with van der Waals surface area (Å²) in [6.07, 6.45) is 4.55. The summed E-state index contributed by atoms with van der Waals surface area (Å²) < 4.78 is 11.3. The van der Waals surface area contributed by atoms with E-state index in [0.717, 1.165) is 23.8 Å². The maximum absolute atomic E-state index is 5.78. The van der Waals surface area contributed by atoms with E-state index in [9.17, 15) is 0 Å². The Morgan fingerprint density at radius 2 is 2.00 bits per heavy atom. The van der Waals surface area contributed by atoms with Gasteiger partial charge in [0.2, 0.25) is 0 Å². The minimum Gasteiger partial charge on any atom is -0.488 e. The highest BCUT2D eigenvalue weighted by molar-refractivity contribution is 5.25. The standard InChI is InChI=1S/C16H27N3O2/c1-11(2)16-18-10-15(21-8-7-20-12(3)4)14(19-16)9-17-13-5-6-13/h10-13,17H,5-9H2,1-4H3. The molecule has 0 radical (unpaired) electrons. The molecule has 0 atom stereocenters. The Balaban J connectivity index is 1.95. The molecule has 0 amide bonds. The Morgan fingerprint density at radius 1 is 1.24 bits per heavy atom. The van der Waals surface area contributed by atoms with Crippen LogP contribution in [0.25, 0.3) is 0 Å². The third-order valence-corrected chi connectivity index (χ3v) is 3.29. The molecule has 1 heterocycles. The Bertz CT molecular complexity index is 445. The third kappa shape index (κ3) is 5.59. The van der Waals surface area contributed by atoms with Crippen molar-refractivity contribution >= 4 is 0 Å². The van der Waals surface area contributed by atoms with Gasteiger partial charge in [0, 0.05) is 18.5 Å². The quantitative estimate of drug-likeness (QED) is 0.709. The maximum atomic E-state index is 5.78. The van der Waals surface area contributed by atoms with Crippen LogP contribution in [0, 0.1) is 0 Å². The van der Waals surface area contributed by atoms with Gasteiger partial charge < -0.3 is 14.8 Å². The Labute approximate surface area is 127 Å². The number of hydrogen-bond donors (Lipinski definition) is 1. The van der Waals surface area contributed by atoms with Crippen molar-refractivity contribution in [1.82, 2.24) is 15.3 Å². The average Bonchev–Trinajstić information content (AvgIpc) is 3.25. The van der Waals surface area contributed by atoms with Gasteiger partial charge in [-0.25, -0.2) is 9.97 Å². The second-order valence-electron chi connectivity index (χ2n) is 6.12. The van der Waals surface area contributed by atoms with Crippen molar-refractivity contribution in [3.8, 4) is 5.75 Å². The number of nitrogens with zero attached hydrogens (tertiary/aromatic N) is 2. The highest BCUT2D eigenvalue weighted by atomic mass is 16.5. The largest absolute Gasteiger partial charge is 0.488 e. The van der Waals surface area contributed by atoms with E-state index in [1.54, 1.807) is 6.20 Å². The molecule has 21 heavy (non-hydrogen) atoms. The predicted molar refractivity (Wildman–Crippen MR) is 82.6 cm³/mol. The first-order valence-corrected chi connectivity index (χ1v) is 7.90. The van der Waals surface area contributed by atoms with Gasteiger partial charge >= 0.3 is 0 Å². The maximum Gasteiger partial charge on any atom is 0.160 e. The van der Waals surface area contributed by atoms with Crippen molar-refractivity contribution in [2.75, 3.05) is 13.2 Å². The van der Waals surface area contributed by atoms with Gasteiger partial charge in [-0.2, -0.15) is 0 Å². The third-order valence-electron chi connectivity index (χ3n) is 3.29. The van der Waals surface area contributed by atoms with E-state index in [1.165, 1.54) is 12.8 Å². The van der Waals surface area contributed by atoms with Crippen LogP contribution in [-0.2, 0) is 11.3 Å². The number of aromatic nitrogens is 2. The minimum atomic E-state index is 0.226. The highest BCUT2D eigenvalue weighted by Gasteiger charge is 2.21. The molecule has 5 heteroatoms. The molecule has 1 aliphatic rings. The van der Waals surface area contributed by atoms with Crippen molar-refractivity contribution in [3.05, 3.63) is 17.7 Å². The molecule has 1 aromatic rings. The normalized spacial score (nSPS) is 15.0. The second kappa shape index (κ2) is 7.71. The molecule has 1 N–H and O–H groups in total. The summed E-state index contributed by atoms with van der Waals surface area (Å²) >= 11 is 0. The van der Waals surface area contributed by atoms with Crippen molar-refractivity contribution in [1.29, 1.82) is 0 Å². The van der Waals surface area contributed by atoms with Crippen LogP contribution in [-0.4, -0.2) is 35.3 Å². The van der Waals surface area contributed by atoms with E-state index in [4.69, 9.17) is 9.47 Å². The van der Waals surface area contributed by atoms with Gasteiger partial charge in [0.25, 0.3) is 0 Å². The van der Waals surface area contributed by atoms with Crippen LogP contribution in [0.15, 0.2) is 6.20 Å². The van der Waals surface area contributed by atoms with Crippen molar-refractivity contribution in [2.45, 2.75) is 65.1 Å². The lowest BCUT2D eigenvalue weighted by Gasteiger charge is -2.14. The summed E-state index contributed by atoms with van der Waals surface area (Å²) in [5.74, 6) is 1.95. The summed E-state index contributed by atoms with van der Waals surface area (Å²) in [4.78, 5) is 9.04. The number of nitrogens with one attached hydrogen (secondary N) is 1. The van der Waals surface area contributed by atoms with Gasteiger partial charge in [-0.05, 0) is 26.7 Å². The summed E-state index contributed by atoms with van der Waals surface area (Å²) in [7, 11) is 0. The molecule has 1 aromatic heterocycles. The fraction of sp³-hybridized carbons (Fsp3) is 0.750. The lowest BCUT2D eigenvalue weighted by molar-refractivity contribution is 0.0548. The van der Waals surface area contributed by atoms with Crippen LogP contribution in [0.3, 0.4) is 0 Å². The molecule has 5 nitrogen and oxygen atoms in total. The van der Waals surface area contributed by atoms with E-state index < -0.39 is 0 Å². The van der Waals surface area contributed by atoms with Crippen molar-refractivity contribution in [3.63, 3.8) is 0 Å². The Morgan fingerprint density at radius 3 is 2.62 bits per heavy atom. The molecule has 0 unspecified atom stereocenters. The number of rotatable bonds is 9. The first kappa shape index (κ1) is 16.2. The van der Waals surface area contributed by atoms with Crippen LogP contribution in [0.5, 0.6) is 5.75 Å². The summed E-state index contributed by atoms with van der Waals surface area (Å²) in [6.45, 7) is 10.1. The lowest BCUT2D eigenvalue weighted by atomic mass is 10.2. The van der Waals surface area contributed by atoms with Gasteiger partial charge in [-0.15, -0.1) is 0 Å². The van der Waals surface area contributed by atoms with Crippen LogP contribution in [0.4, 0.5) is 0 Å². The Kier molecular flexibility index (Phi) is 5.94. The molecule has 0 saturated heterocycles. The topological polar surface area (TPSA) is 56.3 Å². The van der Waals surface area contributed by atoms with Crippen LogP contribution in [0.1, 0.15) is 58.0 Å². The minimum absolute atomic E-state index is 0.226. The summed E-state index contributed by atoms with van der Waals surface area (Å²) in [5, 5.41) is 3.49. The monoisotopic (exact) mass is 293 g/mol. The molecule has 1 saturated carbocycles. The van der Waals surface area contributed by atoms with E-state index in [2.05, 4.69) is 29.1 Å². The van der Waals surface area contributed by atoms with Gasteiger partial charge in [0.05, 0.1) is 24.6 Å². The zero-order valence-corrected chi connectivity index (χ0v) is 13.6. The van der Waals surface area contributed by atoms with E-state index in [0.29, 0.717) is 25.2 Å². The molecule has 0 aliphatic heterocycles. The molecular formula is C16H27N3O2. The fourth-order valence-electron chi connectivity index (χ4n) is 1.91. The van der Waals surface area contributed by atoms with E-state index in [1.807, 2.05) is 13.8 Å². The predicted octanol–water partition coefficient (Wildman–Crippen LogP) is 2.66. The second-order valence-corrected chi connectivity index (χ2v) is 6.12. The molecular weight excluding hydrogens is 266 g/mol. The van der Waals surface area contributed by atoms with Crippen LogP contribution in [0.2, 0.25) is 0 Å². The smallest absolute Gasteiger partial charge is 0.160 e. The van der Waals surface area contributed by atoms with Gasteiger partial charge in [-0.1, -0.05) is 13.8 Å². The average molecular weight is 293 g/mol. The molecule has 1 fully saturated rings. The lowest BCUT2D eigenvalue weighted by Crippen LogP contribution is -2.19. The zero-order valence-electron chi connectivity index (χ0n) is 13.6. The molecule has 0 bridgehead atoms. The Hall–Kier alpha value is -1.20. The van der Waals surface area contributed by atoms with Crippen molar-refractivity contribution in [2.24, 2.45) is 0 Å². The van der Waals surface area contributed by atoms with Gasteiger partial charge in [-0.3, -0.25) is 0 Å². The SMILES string of the molecule is CC(C)OCCOc1cnc(C(C)C)nc1CNC1CC1. The van der Waals surface area contributed by atoms with Gasteiger partial charge in [0.15, 0.2) is 5.75 Å². The number of ether oxygens (including phenoxy) is 2. The first-order chi connectivity index (χ1) is 10.1. The molecule has 2 rings (SSSR count). The fourth-order valence-corrected chi connectivity index (χ4v) is 1.91. The molecule has 118 valence electrons. The first-order valence-electron chi connectivity index (χ1n) is 7.90. The number of hydrogen-bond acceptors (Lipinski definition) is 5. The van der Waals surface area contributed by atoms with E-state index >= 15 is 0 Å². The van der Waals surface area contributed by atoms with Crippen LogP contribution >= 0.6 is 0 Å². The summed E-state index contributed by atoms with van der Waals surface area (Å²) in [5.41, 5.74) is 0.949. The van der Waals surface area contributed by atoms with E-state index in [-0.39, 0.29) is 6.10 Å². The zero-order chi connectivity index (χ0) is 15.2. The molecule has 1 aliphatic carbocycles. The highest BCUT2D eigenvalue weighted by Crippen LogP contribution is 2.22.